The molecule has 132 valence electrons. The molecule has 1 aliphatic heterocycles. The van der Waals surface area contributed by atoms with Gasteiger partial charge in [-0.15, -0.1) is 0 Å². The number of anilines is 1. The van der Waals surface area contributed by atoms with Crippen LogP contribution in [0.15, 0.2) is 24.3 Å². The van der Waals surface area contributed by atoms with E-state index in [9.17, 15) is 4.79 Å². The third-order valence-corrected chi connectivity index (χ3v) is 5.41. The minimum atomic E-state index is 0.206. The number of hydrogen-bond acceptors (Lipinski definition) is 3. The Bertz CT molecular complexity index is 536. The molecule has 1 aromatic carbocycles. The van der Waals surface area contributed by atoms with Crippen LogP contribution in [0.2, 0.25) is 0 Å². The molecule has 0 unspecified atom stereocenters. The van der Waals surface area contributed by atoms with Crippen LogP contribution in [0.5, 0.6) is 0 Å². The molecule has 1 N–H and O–H groups in total. The minimum Gasteiger partial charge on any atom is -0.366 e. The predicted molar refractivity (Wildman–Crippen MR) is 99.4 cm³/mol. The van der Waals surface area contributed by atoms with Gasteiger partial charge in [-0.2, -0.15) is 0 Å². The summed E-state index contributed by atoms with van der Waals surface area (Å²) >= 11 is 0. The number of nitrogens with zero attached hydrogens (tertiary/aromatic N) is 2. The van der Waals surface area contributed by atoms with Gasteiger partial charge in [0.1, 0.15) is 0 Å². The first-order valence-corrected chi connectivity index (χ1v) is 9.47. The Morgan fingerprint density at radius 2 is 1.83 bits per heavy atom. The molecule has 0 radical (unpaired) electrons. The third-order valence-electron chi connectivity index (χ3n) is 5.41. The summed E-state index contributed by atoms with van der Waals surface area (Å²) in [4.78, 5) is 17.1. The highest BCUT2D eigenvalue weighted by Crippen LogP contribution is 2.21. The SMILES string of the molecule is Cc1ccc(N2CCN(CC(=O)NC3CCCCC3)C[C@@H]2C)cc1. The number of carbonyl (C=O) groups is 1. The van der Waals surface area contributed by atoms with Crippen LogP contribution in [-0.4, -0.2) is 49.1 Å². The van der Waals surface area contributed by atoms with E-state index in [-0.39, 0.29) is 5.91 Å². The molecular formula is C20H31N3O. The molecule has 4 heteroatoms. The van der Waals surface area contributed by atoms with E-state index in [4.69, 9.17) is 0 Å². The van der Waals surface area contributed by atoms with Gasteiger partial charge in [-0.1, -0.05) is 37.0 Å². The second kappa shape index (κ2) is 8.02. The molecule has 1 saturated carbocycles. The van der Waals surface area contributed by atoms with E-state index < -0.39 is 0 Å². The highest BCUT2D eigenvalue weighted by Gasteiger charge is 2.25. The molecule has 1 amide bonds. The van der Waals surface area contributed by atoms with Gasteiger partial charge in [0.2, 0.25) is 5.91 Å². The lowest BCUT2D eigenvalue weighted by Crippen LogP contribution is -2.54. The molecule has 1 atom stereocenters. The van der Waals surface area contributed by atoms with E-state index in [0.29, 0.717) is 18.6 Å². The maximum absolute atomic E-state index is 12.3. The molecule has 1 aliphatic carbocycles. The number of hydrogen-bond donors (Lipinski definition) is 1. The van der Waals surface area contributed by atoms with Gasteiger partial charge in [-0.25, -0.2) is 0 Å². The average Bonchev–Trinajstić information content (AvgIpc) is 2.57. The fourth-order valence-electron chi connectivity index (χ4n) is 4.02. The number of carbonyl (C=O) groups excluding carboxylic acids is 1. The maximum Gasteiger partial charge on any atom is 0.234 e. The van der Waals surface area contributed by atoms with Gasteiger partial charge >= 0.3 is 0 Å². The monoisotopic (exact) mass is 329 g/mol. The van der Waals surface area contributed by atoms with Crippen molar-refractivity contribution in [3.63, 3.8) is 0 Å². The zero-order chi connectivity index (χ0) is 16.9. The maximum atomic E-state index is 12.3. The van der Waals surface area contributed by atoms with Crippen LogP contribution in [0.3, 0.4) is 0 Å². The molecule has 1 aromatic rings. The van der Waals surface area contributed by atoms with Gasteiger partial charge in [0.05, 0.1) is 6.54 Å². The van der Waals surface area contributed by atoms with Crippen LogP contribution in [-0.2, 0) is 4.79 Å². The molecular weight excluding hydrogens is 298 g/mol. The smallest absolute Gasteiger partial charge is 0.234 e. The molecule has 0 spiro atoms. The molecule has 4 nitrogen and oxygen atoms in total. The Morgan fingerprint density at radius 1 is 1.12 bits per heavy atom. The van der Waals surface area contributed by atoms with Crippen molar-refractivity contribution in [3.8, 4) is 0 Å². The van der Waals surface area contributed by atoms with Crippen molar-refractivity contribution in [3.05, 3.63) is 29.8 Å². The molecule has 0 bridgehead atoms. The highest BCUT2D eigenvalue weighted by molar-refractivity contribution is 5.78. The summed E-state index contributed by atoms with van der Waals surface area (Å²) in [5.41, 5.74) is 2.59. The summed E-state index contributed by atoms with van der Waals surface area (Å²) < 4.78 is 0. The first-order valence-electron chi connectivity index (χ1n) is 9.47. The van der Waals surface area contributed by atoms with Crippen LogP contribution in [0.1, 0.15) is 44.6 Å². The van der Waals surface area contributed by atoms with E-state index in [0.717, 1.165) is 32.5 Å². The quantitative estimate of drug-likeness (QED) is 0.922. The molecule has 1 heterocycles. The number of nitrogens with one attached hydrogen (secondary N) is 1. The number of rotatable bonds is 4. The standard InChI is InChI=1S/C20H31N3O/c1-16-8-10-19(11-9-16)23-13-12-22(14-17(23)2)15-20(24)21-18-6-4-3-5-7-18/h8-11,17-18H,3-7,12-15H2,1-2H3,(H,21,24)/t17-/m0/s1. The largest absolute Gasteiger partial charge is 0.366 e. The van der Waals surface area contributed by atoms with Crippen LogP contribution < -0.4 is 10.2 Å². The zero-order valence-corrected chi connectivity index (χ0v) is 15.1. The minimum absolute atomic E-state index is 0.206. The van der Waals surface area contributed by atoms with E-state index in [1.807, 2.05) is 0 Å². The van der Waals surface area contributed by atoms with Crippen LogP contribution in [0.4, 0.5) is 5.69 Å². The first kappa shape index (κ1) is 17.3. The first-order chi connectivity index (χ1) is 11.6. The van der Waals surface area contributed by atoms with Gasteiger partial charge in [0, 0.05) is 37.4 Å². The number of amides is 1. The van der Waals surface area contributed by atoms with Crippen molar-refractivity contribution in [2.45, 2.75) is 58.0 Å². The van der Waals surface area contributed by atoms with Gasteiger partial charge in [-0.3, -0.25) is 9.69 Å². The van der Waals surface area contributed by atoms with Crippen molar-refractivity contribution >= 4 is 11.6 Å². The van der Waals surface area contributed by atoms with Gasteiger partial charge in [0.25, 0.3) is 0 Å². The lowest BCUT2D eigenvalue weighted by Gasteiger charge is -2.41. The van der Waals surface area contributed by atoms with E-state index in [1.54, 1.807) is 0 Å². The Kier molecular flexibility index (Phi) is 5.77. The normalized spacial score (nSPS) is 23.2. The molecule has 2 aliphatic rings. The van der Waals surface area contributed by atoms with Crippen molar-refractivity contribution in [1.29, 1.82) is 0 Å². The second-order valence-electron chi connectivity index (χ2n) is 7.52. The van der Waals surface area contributed by atoms with Crippen LogP contribution in [0.25, 0.3) is 0 Å². The Balaban J connectivity index is 1.48. The Morgan fingerprint density at radius 3 is 2.50 bits per heavy atom. The lowest BCUT2D eigenvalue weighted by atomic mass is 9.95. The Hall–Kier alpha value is -1.55. The van der Waals surface area contributed by atoms with Gasteiger partial charge in [0.15, 0.2) is 0 Å². The van der Waals surface area contributed by atoms with Gasteiger partial charge in [-0.05, 0) is 38.8 Å². The van der Waals surface area contributed by atoms with Crippen LogP contribution >= 0.6 is 0 Å². The van der Waals surface area contributed by atoms with Gasteiger partial charge < -0.3 is 10.2 Å². The number of piperazine rings is 1. The fraction of sp³-hybridized carbons (Fsp3) is 0.650. The van der Waals surface area contributed by atoms with E-state index >= 15 is 0 Å². The molecule has 24 heavy (non-hydrogen) atoms. The topological polar surface area (TPSA) is 35.6 Å². The van der Waals surface area contributed by atoms with Crippen molar-refractivity contribution in [2.24, 2.45) is 0 Å². The summed E-state index contributed by atoms with van der Waals surface area (Å²) in [7, 11) is 0. The molecule has 3 rings (SSSR count). The Labute approximate surface area is 146 Å². The molecule has 1 saturated heterocycles. The zero-order valence-electron chi connectivity index (χ0n) is 15.1. The van der Waals surface area contributed by atoms with E-state index in [2.05, 4.69) is 53.2 Å². The van der Waals surface area contributed by atoms with Crippen molar-refractivity contribution < 1.29 is 4.79 Å². The van der Waals surface area contributed by atoms with Crippen molar-refractivity contribution in [2.75, 3.05) is 31.1 Å². The second-order valence-corrected chi connectivity index (χ2v) is 7.52. The third kappa shape index (κ3) is 4.50. The van der Waals surface area contributed by atoms with Crippen LogP contribution in [0, 0.1) is 6.92 Å². The lowest BCUT2D eigenvalue weighted by molar-refractivity contribution is -0.123. The molecule has 0 aromatic heterocycles. The average molecular weight is 329 g/mol. The number of aryl methyl sites for hydroxylation is 1. The van der Waals surface area contributed by atoms with Crippen molar-refractivity contribution in [1.82, 2.24) is 10.2 Å². The predicted octanol–water partition coefficient (Wildman–Crippen LogP) is 2.95. The summed E-state index contributed by atoms with van der Waals surface area (Å²) in [6, 6.07) is 9.61. The number of benzene rings is 1. The fourth-order valence-corrected chi connectivity index (χ4v) is 4.02. The van der Waals surface area contributed by atoms with E-state index in [1.165, 1.54) is 30.5 Å². The summed E-state index contributed by atoms with van der Waals surface area (Å²) in [5.74, 6) is 0.206. The summed E-state index contributed by atoms with van der Waals surface area (Å²) in [6.45, 7) is 7.81. The summed E-state index contributed by atoms with van der Waals surface area (Å²) in [6.07, 6.45) is 6.16. The highest BCUT2D eigenvalue weighted by atomic mass is 16.2. The molecule has 2 fully saturated rings. The summed E-state index contributed by atoms with van der Waals surface area (Å²) in [5, 5.41) is 3.24.